The summed E-state index contributed by atoms with van der Waals surface area (Å²) in [6.07, 6.45) is 0. The maximum absolute atomic E-state index is 9.44. The number of fused-ring (bicyclic) bond motifs is 1. The van der Waals surface area contributed by atoms with Crippen LogP contribution < -0.4 is 16.2 Å². The van der Waals surface area contributed by atoms with Crippen molar-refractivity contribution < 1.29 is 4.74 Å². The Balaban J connectivity index is 2.24. The molecule has 1 aliphatic rings. The molecule has 4 N–H and O–H groups in total. The van der Waals surface area contributed by atoms with Crippen LogP contribution in [-0.4, -0.2) is 0 Å². The molecular weight excluding hydrogens is 276 g/mol. The number of nitrogens with zero attached hydrogens (tertiary/aromatic N) is 2. The van der Waals surface area contributed by atoms with Crippen LogP contribution in [0.4, 0.5) is 5.69 Å². The van der Waals surface area contributed by atoms with Crippen LogP contribution in [0.2, 0.25) is 0 Å². The number of anilines is 1. The molecule has 0 aliphatic carbocycles. The Morgan fingerprint density at radius 2 is 1.82 bits per heavy atom. The van der Waals surface area contributed by atoms with Crippen LogP contribution in [0.5, 0.6) is 5.75 Å². The molecule has 0 saturated carbocycles. The van der Waals surface area contributed by atoms with Crippen molar-refractivity contribution in [1.29, 1.82) is 10.5 Å². The van der Waals surface area contributed by atoms with Crippen molar-refractivity contribution in [2.24, 2.45) is 5.73 Å². The van der Waals surface area contributed by atoms with Gasteiger partial charge >= 0.3 is 0 Å². The zero-order chi connectivity index (χ0) is 15.7. The predicted molar refractivity (Wildman–Crippen MR) is 81.3 cm³/mol. The highest BCUT2D eigenvalue weighted by molar-refractivity contribution is 5.60. The van der Waals surface area contributed by atoms with Gasteiger partial charge in [0.15, 0.2) is 0 Å². The first-order valence-electron chi connectivity index (χ1n) is 6.61. The molecule has 0 radical (unpaired) electrons. The first-order chi connectivity index (χ1) is 10.6. The number of allylic oxidation sites excluding steroid dienone is 1. The molecule has 1 aliphatic heterocycles. The van der Waals surface area contributed by atoms with E-state index in [-0.39, 0.29) is 11.8 Å². The van der Waals surface area contributed by atoms with Crippen LogP contribution >= 0.6 is 0 Å². The Bertz CT molecular complexity index is 871. The van der Waals surface area contributed by atoms with Gasteiger partial charge in [-0.3, -0.25) is 0 Å². The molecule has 1 unspecified atom stereocenters. The van der Waals surface area contributed by atoms with E-state index in [9.17, 15) is 5.26 Å². The summed E-state index contributed by atoms with van der Waals surface area (Å²) >= 11 is 0. The lowest BCUT2D eigenvalue weighted by Crippen LogP contribution is -2.21. The van der Waals surface area contributed by atoms with Gasteiger partial charge in [-0.2, -0.15) is 10.5 Å². The molecule has 0 amide bonds. The van der Waals surface area contributed by atoms with Gasteiger partial charge in [-0.25, -0.2) is 0 Å². The number of rotatable bonds is 1. The third-order valence-corrected chi connectivity index (χ3v) is 3.59. The molecular formula is C17H12N4O. The predicted octanol–water partition coefficient (Wildman–Crippen LogP) is 2.36. The summed E-state index contributed by atoms with van der Waals surface area (Å²) in [7, 11) is 0. The fraction of sp³-hybridized carbons (Fsp3) is 0.0588. The number of nitriles is 2. The fourth-order valence-corrected chi connectivity index (χ4v) is 2.60. The minimum Gasteiger partial charge on any atom is -0.440 e. The third kappa shape index (κ3) is 2.11. The van der Waals surface area contributed by atoms with E-state index in [0.29, 0.717) is 22.6 Å². The second-order valence-corrected chi connectivity index (χ2v) is 4.96. The van der Waals surface area contributed by atoms with Crippen LogP contribution in [0, 0.1) is 22.7 Å². The molecule has 0 saturated heterocycles. The van der Waals surface area contributed by atoms with Crippen LogP contribution in [0.3, 0.4) is 0 Å². The SMILES string of the molecule is N#CC1=C(N)Oc2cc(N)ccc2C1c1cccc(C#N)c1. The Morgan fingerprint density at radius 3 is 2.55 bits per heavy atom. The van der Waals surface area contributed by atoms with E-state index in [1.165, 1.54) is 0 Å². The lowest BCUT2D eigenvalue weighted by molar-refractivity contribution is 0.394. The van der Waals surface area contributed by atoms with E-state index >= 15 is 0 Å². The van der Waals surface area contributed by atoms with Gasteiger partial charge in [0, 0.05) is 17.3 Å². The van der Waals surface area contributed by atoms with Gasteiger partial charge in [0.2, 0.25) is 5.88 Å². The highest BCUT2D eigenvalue weighted by atomic mass is 16.5. The van der Waals surface area contributed by atoms with Crippen molar-refractivity contribution in [2.45, 2.75) is 5.92 Å². The molecule has 0 bridgehead atoms. The maximum atomic E-state index is 9.44. The quantitative estimate of drug-likeness (QED) is 0.783. The number of nitrogens with two attached hydrogens (primary N) is 2. The molecule has 5 nitrogen and oxygen atoms in total. The summed E-state index contributed by atoms with van der Waals surface area (Å²) in [6.45, 7) is 0. The summed E-state index contributed by atoms with van der Waals surface area (Å²) in [5, 5.41) is 18.5. The van der Waals surface area contributed by atoms with Crippen molar-refractivity contribution in [1.82, 2.24) is 0 Å². The van der Waals surface area contributed by atoms with Gasteiger partial charge in [-0.1, -0.05) is 18.2 Å². The second-order valence-electron chi connectivity index (χ2n) is 4.96. The Labute approximate surface area is 127 Å². The maximum Gasteiger partial charge on any atom is 0.205 e. The first-order valence-corrected chi connectivity index (χ1v) is 6.61. The van der Waals surface area contributed by atoms with Gasteiger partial charge in [0.05, 0.1) is 17.6 Å². The molecule has 0 spiro atoms. The summed E-state index contributed by atoms with van der Waals surface area (Å²) < 4.78 is 5.51. The molecule has 1 atom stereocenters. The molecule has 22 heavy (non-hydrogen) atoms. The smallest absolute Gasteiger partial charge is 0.205 e. The zero-order valence-electron chi connectivity index (χ0n) is 11.6. The summed E-state index contributed by atoms with van der Waals surface area (Å²) in [4.78, 5) is 0. The number of hydrogen-bond acceptors (Lipinski definition) is 5. The number of ether oxygens (including phenoxy) is 1. The minimum absolute atomic E-state index is 0.0629. The topological polar surface area (TPSA) is 109 Å². The van der Waals surface area contributed by atoms with Gasteiger partial charge in [-0.15, -0.1) is 0 Å². The monoisotopic (exact) mass is 288 g/mol. The summed E-state index contributed by atoms with van der Waals surface area (Å²) in [6, 6.07) is 16.6. The van der Waals surface area contributed by atoms with Gasteiger partial charge < -0.3 is 16.2 Å². The first kappa shape index (κ1) is 13.5. The van der Waals surface area contributed by atoms with E-state index in [1.54, 1.807) is 30.3 Å². The number of benzene rings is 2. The van der Waals surface area contributed by atoms with Crippen molar-refractivity contribution >= 4 is 5.69 Å². The normalized spacial score (nSPS) is 16.2. The highest BCUT2D eigenvalue weighted by Crippen LogP contribution is 2.42. The van der Waals surface area contributed by atoms with Crippen molar-refractivity contribution in [3.63, 3.8) is 0 Å². The van der Waals surface area contributed by atoms with Crippen LogP contribution in [0.15, 0.2) is 53.9 Å². The van der Waals surface area contributed by atoms with E-state index in [4.69, 9.17) is 21.5 Å². The molecule has 2 aromatic carbocycles. The fourth-order valence-electron chi connectivity index (χ4n) is 2.60. The molecule has 5 heteroatoms. The second kappa shape index (κ2) is 5.16. The van der Waals surface area contributed by atoms with Crippen molar-refractivity contribution in [3.05, 3.63) is 70.6 Å². The highest BCUT2D eigenvalue weighted by Gasteiger charge is 2.30. The lowest BCUT2D eigenvalue weighted by atomic mass is 9.83. The van der Waals surface area contributed by atoms with Crippen LogP contribution in [0.1, 0.15) is 22.6 Å². The summed E-state index contributed by atoms with van der Waals surface area (Å²) in [5.74, 6) is 0.222. The Kier molecular flexibility index (Phi) is 3.17. The standard InChI is InChI=1S/C17H12N4O/c18-8-10-2-1-3-11(6-10)16-13-5-4-12(20)7-15(13)22-17(21)14(16)9-19/h1-7,16H,20-21H2. The van der Waals surface area contributed by atoms with E-state index < -0.39 is 0 Å². The Hall–Kier alpha value is -3.44. The molecule has 0 aromatic heterocycles. The largest absolute Gasteiger partial charge is 0.440 e. The molecule has 2 aromatic rings. The Morgan fingerprint density at radius 1 is 1.00 bits per heavy atom. The van der Waals surface area contributed by atoms with E-state index in [0.717, 1.165) is 11.1 Å². The average Bonchev–Trinajstić information content (AvgIpc) is 2.53. The molecule has 0 fully saturated rings. The zero-order valence-corrected chi connectivity index (χ0v) is 11.6. The van der Waals surface area contributed by atoms with Crippen molar-refractivity contribution in [3.8, 4) is 17.9 Å². The van der Waals surface area contributed by atoms with E-state index in [1.807, 2.05) is 12.1 Å². The lowest BCUT2D eigenvalue weighted by Gasteiger charge is -2.26. The number of hydrogen-bond donors (Lipinski definition) is 2. The molecule has 3 rings (SSSR count). The molecule has 106 valence electrons. The third-order valence-electron chi connectivity index (χ3n) is 3.59. The van der Waals surface area contributed by atoms with Crippen LogP contribution in [-0.2, 0) is 0 Å². The van der Waals surface area contributed by atoms with E-state index in [2.05, 4.69) is 12.1 Å². The average molecular weight is 288 g/mol. The van der Waals surface area contributed by atoms with Gasteiger partial charge in [0.1, 0.15) is 17.4 Å². The minimum atomic E-state index is -0.373. The van der Waals surface area contributed by atoms with Gasteiger partial charge in [-0.05, 0) is 23.8 Å². The van der Waals surface area contributed by atoms with Crippen LogP contribution in [0.25, 0.3) is 0 Å². The van der Waals surface area contributed by atoms with Crippen molar-refractivity contribution in [2.75, 3.05) is 5.73 Å². The molecule has 1 heterocycles. The summed E-state index contributed by atoms with van der Waals surface area (Å²) in [5.41, 5.74) is 14.7. The van der Waals surface area contributed by atoms with Gasteiger partial charge in [0.25, 0.3) is 0 Å². The number of nitrogen functional groups attached to an aromatic ring is 1.